The molecule has 1 amide bonds. The lowest BCUT2D eigenvalue weighted by molar-refractivity contribution is 0.103. The lowest BCUT2D eigenvalue weighted by atomic mass is 9.99. The van der Waals surface area contributed by atoms with E-state index in [1.807, 2.05) is 97.1 Å². The van der Waals surface area contributed by atoms with Crippen LogP contribution in [0.5, 0.6) is 11.5 Å². The first kappa shape index (κ1) is 24.5. The zero-order valence-corrected chi connectivity index (χ0v) is 22.2. The molecule has 0 aliphatic rings. The molecule has 0 radical (unpaired) electrons. The molecular weight excluding hydrogens is 506 g/mol. The van der Waals surface area contributed by atoms with Gasteiger partial charge in [-0.1, -0.05) is 48.5 Å². The number of ether oxygens (including phenoxy) is 2. The van der Waals surface area contributed by atoms with E-state index in [0.717, 1.165) is 55.7 Å². The molecular formula is C32H25N3O3S. The highest BCUT2D eigenvalue weighted by Gasteiger charge is 2.22. The molecule has 3 N–H and O–H groups in total. The number of nitrogens with zero attached hydrogens (tertiary/aromatic N) is 1. The lowest BCUT2D eigenvalue weighted by Crippen LogP contribution is -2.12. The number of aromatic nitrogens is 1. The van der Waals surface area contributed by atoms with Gasteiger partial charge < -0.3 is 20.5 Å². The molecule has 0 saturated carbocycles. The standard InChI is InChI=1S/C32H25N3O3S/c1-37-22-14-10-20(11-15-22)25-18-27(21-12-16-23(38-2)17-13-21)35-32-28(25)29(33)30(39-32)31(36)34-26-9-5-7-19-6-3-4-8-24(19)26/h3-18H,33H2,1-2H3,(H,34,36). The van der Waals surface area contributed by atoms with Gasteiger partial charge in [0.15, 0.2) is 0 Å². The van der Waals surface area contributed by atoms with E-state index in [0.29, 0.717) is 15.4 Å². The second kappa shape index (κ2) is 10.1. The number of carbonyl (C=O) groups is 1. The van der Waals surface area contributed by atoms with Crippen LogP contribution in [0, 0.1) is 0 Å². The molecule has 0 spiro atoms. The number of amides is 1. The Morgan fingerprint density at radius 1 is 0.821 bits per heavy atom. The van der Waals surface area contributed by atoms with Crippen molar-refractivity contribution in [2.45, 2.75) is 0 Å². The van der Waals surface area contributed by atoms with Gasteiger partial charge in [0, 0.05) is 22.0 Å². The van der Waals surface area contributed by atoms with Gasteiger partial charge in [0.1, 0.15) is 21.2 Å². The molecule has 192 valence electrons. The summed E-state index contributed by atoms with van der Waals surface area (Å²) in [5, 5.41) is 5.84. The zero-order chi connectivity index (χ0) is 26.9. The van der Waals surface area contributed by atoms with Crippen molar-refractivity contribution in [3.8, 4) is 33.9 Å². The average molecular weight is 532 g/mol. The smallest absolute Gasteiger partial charge is 0.267 e. The molecule has 0 aliphatic heterocycles. The number of nitrogens with two attached hydrogens (primary N) is 1. The maximum atomic E-state index is 13.6. The Balaban J connectivity index is 1.48. The summed E-state index contributed by atoms with van der Waals surface area (Å²) in [6.07, 6.45) is 0. The number of fused-ring (bicyclic) bond motifs is 2. The Morgan fingerprint density at radius 3 is 2.15 bits per heavy atom. The lowest BCUT2D eigenvalue weighted by Gasteiger charge is -2.10. The van der Waals surface area contributed by atoms with Gasteiger partial charge in [-0.2, -0.15) is 0 Å². The van der Waals surface area contributed by atoms with Gasteiger partial charge in [0.25, 0.3) is 5.91 Å². The SMILES string of the molecule is COc1ccc(-c2cc(-c3ccc(OC)cc3)c3c(N)c(C(=O)Nc4cccc5ccccc45)sc3n2)cc1. The van der Waals surface area contributed by atoms with Crippen molar-refractivity contribution in [2.24, 2.45) is 0 Å². The fourth-order valence-corrected chi connectivity index (χ4v) is 5.73. The summed E-state index contributed by atoms with van der Waals surface area (Å²) in [7, 11) is 3.28. The van der Waals surface area contributed by atoms with E-state index in [-0.39, 0.29) is 5.91 Å². The number of benzene rings is 4. The number of methoxy groups -OCH3 is 2. The van der Waals surface area contributed by atoms with E-state index in [2.05, 4.69) is 5.32 Å². The van der Waals surface area contributed by atoms with E-state index < -0.39 is 0 Å². The van der Waals surface area contributed by atoms with Crippen molar-refractivity contribution >= 4 is 49.6 Å². The van der Waals surface area contributed by atoms with Crippen molar-refractivity contribution in [1.29, 1.82) is 0 Å². The van der Waals surface area contributed by atoms with Crippen molar-refractivity contribution in [3.05, 3.63) is 102 Å². The van der Waals surface area contributed by atoms with Crippen LogP contribution in [0.2, 0.25) is 0 Å². The molecule has 6 aromatic rings. The molecule has 6 nitrogen and oxygen atoms in total. The summed E-state index contributed by atoms with van der Waals surface area (Å²) in [4.78, 5) is 19.6. The molecule has 0 aliphatic carbocycles. The fourth-order valence-electron chi connectivity index (χ4n) is 4.71. The van der Waals surface area contributed by atoms with Gasteiger partial charge in [-0.25, -0.2) is 4.98 Å². The number of thiophene rings is 1. The van der Waals surface area contributed by atoms with Gasteiger partial charge in [-0.15, -0.1) is 11.3 Å². The van der Waals surface area contributed by atoms with Crippen LogP contribution in [0.15, 0.2) is 97.1 Å². The molecule has 0 atom stereocenters. The highest BCUT2D eigenvalue weighted by atomic mass is 32.1. The van der Waals surface area contributed by atoms with Crippen molar-refractivity contribution in [3.63, 3.8) is 0 Å². The van der Waals surface area contributed by atoms with Gasteiger partial charge in [-0.05, 0) is 65.0 Å². The van der Waals surface area contributed by atoms with Crippen molar-refractivity contribution < 1.29 is 14.3 Å². The number of hydrogen-bond donors (Lipinski definition) is 2. The van der Waals surface area contributed by atoms with Crippen LogP contribution in [0.4, 0.5) is 11.4 Å². The largest absolute Gasteiger partial charge is 0.497 e. The highest BCUT2D eigenvalue weighted by molar-refractivity contribution is 7.21. The number of anilines is 2. The minimum absolute atomic E-state index is 0.265. The maximum Gasteiger partial charge on any atom is 0.267 e. The van der Waals surface area contributed by atoms with Gasteiger partial charge in [0.05, 0.1) is 25.6 Å². The first-order valence-corrected chi connectivity index (χ1v) is 13.2. The monoisotopic (exact) mass is 531 g/mol. The highest BCUT2D eigenvalue weighted by Crippen LogP contribution is 2.42. The molecule has 0 fully saturated rings. The topological polar surface area (TPSA) is 86.5 Å². The molecule has 2 heterocycles. The summed E-state index contributed by atoms with van der Waals surface area (Å²) in [5.74, 6) is 1.26. The number of carbonyl (C=O) groups excluding carboxylic acids is 1. The van der Waals surface area contributed by atoms with E-state index in [1.165, 1.54) is 11.3 Å². The predicted molar refractivity (Wildman–Crippen MR) is 160 cm³/mol. The molecule has 0 saturated heterocycles. The minimum atomic E-state index is -0.265. The summed E-state index contributed by atoms with van der Waals surface area (Å²) < 4.78 is 10.7. The van der Waals surface area contributed by atoms with E-state index >= 15 is 0 Å². The Morgan fingerprint density at radius 2 is 1.46 bits per heavy atom. The molecule has 39 heavy (non-hydrogen) atoms. The van der Waals surface area contributed by atoms with Crippen molar-refractivity contribution in [1.82, 2.24) is 4.98 Å². The molecule has 7 heteroatoms. The van der Waals surface area contributed by atoms with Gasteiger partial charge >= 0.3 is 0 Å². The number of rotatable bonds is 6. The van der Waals surface area contributed by atoms with Crippen LogP contribution in [0.3, 0.4) is 0 Å². The Bertz CT molecular complexity index is 1820. The number of hydrogen-bond acceptors (Lipinski definition) is 6. The molecule has 0 bridgehead atoms. The molecule has 0 unspecified atom stereocenters. The van der Waals surface area contributed by atoms with E-state index in [9.17, 15) is 4.79 Å². The third-order valence-electron chi connectivity index (χ3n) is 6.73. The third-order valence-corrected chi connectivity index (χ3v) is 7.83. The van der Waals surface area contributed by atoms with Crippen LogP contribution in [-0.2, 0) is 0 Å². The van der Waals surface area contributed by atoms with E-state index in [1.54, 1.807) is 14.2 Å². The Kier molecular flexibility index (Phi) is 6.34. The number of nitrogens with one attached hydrogen (secondary N) is 1. The Labute approximate surface area is 229 Å². The summed E-state index contributed by atoms with van der Waals surface area (Å²) in [6, 6.07) is 31.3. The first-order valence-electron chi connectivity index (χ1n) is 12.4. The maximum absolute atomic E-state index is 13.6. The first-order chi connectivity index (χ1) is 19.1. The normalized spacial score (nSPS) is 11.0. The average Bonchev–Trinajstić information content (AvgIpc) is 3.33. The van der Waals surface area contributed by atoms with Gasteiger partial charge in [0.2, 0.25) is 0 Å². The summed E-state index contributed by atoms with van der Waals surface area (Å²) in [5.41, 5.74) is 11.4. The van der Waals surface area contributed by atoms with E-state index in [4.69, 9.17) is 20.2 Å². The second-order valence-electron chi connectivity index (χ2n) is 9.02. The Hall–Kier alpha value is -4.88. The van der Waals surface area contributed by atoms with Crippen LogP contribution in [0.25, 0.3) is 43.4 Å². The quantitative estimate of drug-likeness (QED) is 0.231. The van der Waals surface area contributed by atoms with Crippen LogP contribution in [-0.4, -0.2) is 25.1 Å². The zero-order valence-electron chi connectivity index (χ0n) is 21.4. The summed E-state index contributed by atoms with van der Waals surface area (Å²) in [6.45, 7) is 0. The van der Waals surface area contributed by atoms with Gasteiger partial charge in [-0.3, -0.25) is 4.79 Å². The molecule has 6 rings (SSSR count). The third kappa shape index (κ3) is 4.53. The fraction of sp³-hybridized carbons (Fsp3) is 0.0625. The minimum Gasteiger partial charge on any atom is -0.497 e. The second-order valence-corrected chi connectivity index (χ2v) is 10.0. The predicted octanol–water partition coefficient (Wildman–Crippen LogP) is 7.64. The molecule has 4 aromatic carbocycles. The summed E-state index contributed by atoms with van der Waals surface area (Å²) >= 11 is 1.29. The van der Waals surface area contributed by atoms with Crippen LogP contribution in [0.1, 0.15) is 9.67 Å². The number of pyridine rings is 1. The van der Waals surface area contributed by atoms with Crippen LogP contribution >= 0.6 is 11.3 Å². The van der Waals surface area contributed by atoms with Crippen LogP contribution < -0.4 is 20.5 Å². The van der Waals surface area contributed by atoms with Crippen molar-refractivity contribution in [2.75, 3.05) is 25.3 Å². The number of nitrogen functional groups attached to an aromatic ring is 1. The molecule has 2 aromatic heterocycles.